The van der Waals surface area contributed by atoms with Crippen LogP contribution in [0, 0.1) is 0 Å². The van der Waals surface area contributed by atoms with Gasteiger partial charge in [0.25, 0.3) is 5.91 Å². The number of piperazine rings is 1. The van der Waals surface area contributed by atoms with Crippen molar-refractivity contribution in [3.05, 3.63) is 24.3 Å². The first-order valence-corrected chi connectivity index (χ1v) is 7.42. The maximum absolute atomic E-state index is 12.9. The van der Waals surface area contributed by atoms with Crippen LogP contribution >= 0.6 is 0 Å². The van der Waals surface area contributed by atoms with Crippen LogP contribution in [-0.2, 0) is 9.59 Å². The Labute approximate surface area is 124 Å². The van der Waals surface area contributed by atoms with Gasteiger partial charge in [0.05, 0.1) is 0 Å². The molecular weight excluding hydrogens is 266 g/mol. The first-order chi connectivity index (χ1) is 10.0. The van der Waals surface area contributed by atoms with Gasteiger partial charge in [-0.1, -0.05) is 18.9 Å². The largest absolute Gasteiger partial charge is 0.378 e. The second kappa shape index (κ2) is 5.06. The van der Waals surface area contributed by atoms with Crippen LogP contribution in [0.25, 0.3) is 0 Å². The van der Waals surface area contributed by atoms with Crippen LogP contribution in [0.4, 0.5) is 11.4 Å². The van der Waals surface area contributed by atoms with Crippen molar-refractivity contribution in [2.45, 2.75) is 31.2 Å². The molecule has 1 aliphatic heterocycles. The Morgan fingerprint density at radius 3 is 2.57 bits per heavy atom. The molecule has 1 N–H and O–H groups in total. The van der Waals surface area contributed by atoms with E-state index in [9.17, 15) is 9.59 Å². The zero-order valence-electron chi connectivity index (χ0n) is 12.6. The summed E-state index contributed by atoms with van der Waals surface area (Å²) in [7, 11) is 3.92. The van der Waals surface area contributed by atoms with Gasteiger partial charge in [-0.15, -0.1) is 0 Å². The fraction of sp³-hybridized carbons (Fsp3) is 0.500. The number of hydrogen-bond donors (Lipinski definition) is 1. The lowest BCUT2D eigenvalue weighted by Gasteiger charge is -2.39. The van der Waals surface area contributed by atoms with E-state index in [-0.39, 0.29) is 18.4 Å². The van der Waals surface area contributed by atoms with Crippen LogP contribution in [-0.4, -0.2) is 38.0 Å². The van der Waals surface area contributed by atoms with Gasteiger partial charge >= 0.3 is 0 Å². The summed E-state index contributed by atoms with van der Waals surface area (Å²) >= 11 is 0. The fourth-order valence-corrected chi connectivity index (χ4v) is 3.30. The summed E-state index contributed by atoms with van der Waals surface area (Å²) in [5.41, 5.74) is 1.16. The van der Waals surface area contributed by atoms with Gasteiger partial charge in [0.1, 0.15) is 12.1 Å². The standard InChI is InChI=1S/C16H21N3O2/c1-18(2)12-6-5-7-13(10-12)19-11-14(20)17-16(15(19)21)8-3-4-9-16/h5-7,10H,3-4,8-9,11H2,1-2H3,(H,17,20). The van der Waals surface area contributed by atoms with E-state index in [0.29, 0.717) is 0 Å². The molecule has 2 amide bonds. The summed E-state index contributed by atoms with van der Waals surface area (Å²) in [5, 5.41) is 2.94. The number of hydrogen-bond acceptors (Lipinski definition) is 3. The summed E-state index contributed by atoms with van der Waals surface area (Å²) in [5.74, 6) is -0.0257. The van der Waals surface area contributed by atoms with Crippen molar-refractivity contribution in [1.82, 2.24) is 5.32 Å². The van der Waals surface area contributed by atoms with E-state index in [0.717, 1.165) is 37.1 Å². The Bertz CT molecular complexity index is 577. The Kier molecular flexibility index (Phi) is 3.35. The van der Waals surface area contributed by atoms with Crippen LogP contribution in [0.5, 0.6) is 0 Å². The predicted octanol–water partition coefficient (Wildman–Crippen LogP) is 1.53. The molecule has 1 spiro atoms. The number of carbonyl (C=O) groups is 2. The molecule has 1 aromatic rings. The first kappa shape index (κ1) is 13.9. The highest BCUT2D eigenvalue weighted by Crippen LogP contribution is 2.35. The molecule has 0 aromatic heterocycles. The average molecular weight is 287 g/mol. The molecule has 2 fully saturated rings. The van der Waals surface area contributed by atoms with Crippen LogP contribution in [0.3, 0.4) is 0 Å². The maximum atomic E-state index is 12.9. The van der Waals surface area contributed by atoms with Crippen LogP contribution in [0.15, 0.2) is 24.3 Å². The van der Waals surface area contributed by atoms with E-state index < -0.39 is 5.54 Å². The second-order valence-corrected chi connectivity index (χ2v) is 6.14. The highest BCUT2D eigenvalue weighted by molar-refractivity contribution is 6.09. The molecule has 0 radical (unpaired) electrons. The van der Waals surface area contributed by atoms with E-state index in [2.05, 4.69) is 5.32 Å². The number of nitrogens with zero attached hydrogens (tertiary/aromatic N) is 2. The Morgan fingerprint density at radius 1 is 1.19 bits per heavy atom. The molecule has 0 unspecified atom stereocenters. The summed E-state index contributed by atoms with van der Waals surface area (Å²) in [6, 6.07) is 7.76. The van der Waals surface area contributed by atoms with E-state index in [1.54, 1.807) is 4.90 Å². The first-order valence-electron chi connectivity index (χ1n) is 7.42. The molecule has 112 valence electrons. The lowest BCUT2D eigenvalue weighted by Crippen LogP contribution is -2.65. The molecule has 0 atom stereocenters. The molecule has 2 aliphatic rings. The number of benzene rings is 1. The Morgan fingerprint density at radius 2 is 1.90 bits per heavy atom. The molecule has 21 heavy (non-hydrogen) atoms. The minimum atomic E-state index is -0.663. The van der Waals surface area contributed by atoms with Gasteiger partial charge in [0.2, 0.25) is 5.91 Å². The zero-order valence-corrected chi connectivity index (χ0v) is 12.6. The number of nitrogens with one attached hydrogen (secondary N) is 1. The third-order valence-corrected chi connectivity index (χ3v) is 4.45. The molecule has 1 heterocycles. The molecule has 1 saturated heterocycles. The summed E-state index contributed by atoms with van der Waals surface area (Å²) in [6.07, 6.45) is 3.50. The van der Waals surface area contributed by atoms with Gasteiger partial charge in [-0.05, 0) is 31.0 Å². The number of anilines is 2. The molecule has 5 heteroatoms. The Balaban J connectivity index is 1.95. The third-order valence-electron chi connectivity index (χ3n) is 4.45. The van der Waals surface area contributed by atoms with Gasteiger partial charge in [0.15, 0.2) is 0 Å². The zero-order chi connectivity index (χ0) is 15.0. The third kappa shape index (κ3) is 2.37. The number of rotatable bonds is 2. The lowest BCUT2D eigenvalue weighted by atomic mass is 9.92. The highest BCUT2D eigenvalue weighted by atomic mass is 16.2. The molecule has 1 aliphatic carbocycles. The quantitative estimate of drug-likeness (QED) is 0.897. The second-order valence-electron chi connectivity index (χ2n) is 6.14. The van der Waals surface area contributed by atoms with Crippen LogP contribution in [0.1, 0.15) is 25.7 Å². The fourth-order valence-electron chi connectivity index (χ4n) is 3.30. The molecule has 3 rings (SSSR count). The van der Waals surface area contributed by atoms with Gasteiger partial charge in [-0.3, -0.25) is 9.59 Å². The van der Waals surface area contributed by atoms with Crippen molar-refractivity contribution < 1.29 is 9.59 Å². The van der Waals surface area contributed by atoms with Gasteiger partial charge < -0.3 is 15.1 Å². The topological polar surface area (TPSA) is 52.6 Å². The summed E-state index contributed by atoms with van der Waals surface area (Å²) < 4.78 is 0. The molecular formula is C16H21N3O2. The maximum Gasteiger partial charge on any atom is 0.253 e. The molecule has 0 bridgehead atoms. The lowest BCUT2D eigenvalue weighted by molar-refractivity contribution is -0.135. The minimum Gasteiger partial charge on any atom is -0.378 e. The van der Waals surface area contributed by atoms with Gasteiger partial charge in [0, 0.05) is 25.5 Å². The monoisotopic (exact) mass is 287 g/mol. The normalized spacial score (nSPS) is 20.8. The Hall–Kier alpha value is -2.04. The van der Waals surface area contributed by atoms with Gasteiger partial charge in [-0.25, -0.2) is 0 Å². The van der Waals surface area contributed by atoms with Gasteiger partial charge in [-0.2, -0.15) is 0 Å². The summed E-state index contributed by atoms with van der Waals surface area (Å²) in [6.45, 7) is 0.109. The van der Waals surface area contributed by atoms with E-state index in [1.165, 1.54) is 0 Å². The van der Waals surface area contributed by atoms with E-state index >= 15 is 0 Å². The minimum absolute atomic E-state index is 0.0375. The van der Waals surface area contributed by atoms with Crippen LogP contribution in [0.2, 0.25) is 0 Å². The summed E-state index contributed by atoms with van der Waals surface area (Å²) in [4.78, 5) is 28.6. The number of amides is 2. The van der Waals surface area contributed by atoms with Crippen molar-refractivity contribution in [3.8, 4) is 0 Å². The van der Waals surface area contributed by atoms with E-state index in [1.807, 2.05) is 43.3 Å². The molecule has 1 aromatic carbocycles. The van der Waals surface area contributed by atoms with Crippen molar-refractivity contribution in [2.75, 3.05) is 30.4 Å². The van der Waals surface area contributed by atoms with Crippen molar-refractivity contribution in [1.29, 1.82) is 0 Å². The molecule has 1 saturated carbocycles. The predicted molar refractivity (Wildman–Crippen MR) is 82.5 cm³/mol. The van der Waals surface area contributed by atoms with Crippen molar-refractivity contribution in [3.63, 3.8) is 0 Å². The van der Waals surface area contributed by atoms with E-state index in [4.69, 9.17) is 0 Å². The SMILES string of the molecule is CN(C)c1cccc(N2CC(=O)NC3(CCCC3)C2=O)c1. The van der Waals surface area contributed by atoms with Crippen LogP contribution < -0.4 is 15.1 Å². The van der Waals surface area contributed by atoms with Crippen molar-refractivity contribution >= 4 is 23.2 Å². The highest BCUT2D eigenvalue weighted by Gasteiger charge is 2.48. The smallest absolute Gasteiger partial charge is 0.253 e. The average Bonchev–Trinajstić information content (AvgIpc) is 2.92. The molecule has 5 nitrogen and oxygen atoms in total. The number of carbonyl (C=O) groups excluding carboxylic acids is 2. The van der Waals surface area contributed by atoms with Crippen molar-refractivity contribution in [2.24, 2.45) is 0 Å².